The predicted octanol–water partition coefficient (Wildman–Crippen LogP) is 4.63. The van der Waals surface area contributed by atoms with Gasteiger partial charge in [-0.3, -0.25) is 4.79 Å². The van der Waals surface area contributed by atoms with Crippen molar-refractivity contribution in [1.82, 2.24) is 14.7 Å². The summed E-state index contributed by atoms with van der Waals surface area (Å²) in [5.41, 5.74) is 2.02. The molecule has 0 atom stereocenters. The summed E-state index contributed by atoms with van der Waals surface area (Å²) in [7, 11) is 1.65. The van der Waals surface area contributed by atoms with E-state index in [0.717, 1.165) is 23.3 Å². The zero-order valence-corrected chi connectivity index (χ0v) is 18.4. The third-order valence-electron chi connectivity index (χ3n) is 4.48. The van der Waals surface area contributed by atoms with Crippen LogP contribution in [0.4, 0.5) is 0 Å². The van der Waals surface area contributed by atoms with Gasteiger partial charge >= 0.3 is 0 Å². The van der Waals surface area contributed by atoms with Crippen LogP contribution in [-0.2, 0) is 17.6 Å². The van der Waals surface area contributed by atoms with Gasteiger partial charge in [0.25, 0.3) is 5.19 Å². The maximum atomic E-state index is 12.0. The number of carbonyl (C=O) groups excluding carboxylic acids is 1. The van der Waals surface area contributed by atoms with Gasteiger partial charge in [-0.1, -0.05) is 38.1 Å². The number of carbonyl (C=O) groups is 1. The summed E-state index contributed by atoms with van der Waals surface area (Å²) in [6, 6.07) is 15.3. The van der Waals surface area contributed by atoms with Crippen LogP contribution in [-0.4, -0.2) is 28.9 Å². The molecular formula is C23H27N3O3S. The molecule has 1 heterocycles. The average Bonchev–Trinajstić information content (AvgIpc) is 3.16. The molecule has 7 heteroatoms. The standard InChI is InChI=1S/C23H27N3O3S/c1-16(2)11-12-24-22(27)15-17-7-9-19(10-8-17)29-23-25-21(26-30-23)14-18-5-4-6-20(13-18)28-3/h4-10,13,16H,11-12,14-15H2,1-3H3,(H,24,27). The Labute approximate surface area is 181 Å². The number of amides is 1. The number of hydrogen-bond acceptors (Lipinski definition) is 6. The molecular weight excluding hydrogens is 398 g/mol. The van der Waals surface area contributed by atoms with Crippen molar-refractivity contribution in [2.75, 3.05) is 13.7 Å². The van der Waals surface area contributed by atoms with Gasteiger partial charge in [-0.05, 0) is 47.7 Å². The van der Waals surface area contributed by atoms with E-state index in [4.69, 9.17) is 9.47 Å². The first-order chi connectivity index (χ1) is 14.5. The normalized spacial score (nSPS) is 10.8. The Kier molecular flexibility index (Phi) is 7.79. The number of nitrogens with zero attached hydrogens (tertiary/aromatic N) is 2. The first-order valence-electron chi connectivity index (χ1n) is 10.0. The van der Waals surface area contributed by atoms with E-state index in [1.165, 1.54) is 11.5 Å². The van der Waals surface area contributed by atoms with Crippen LogP contribution in [0, 0.1) is 5.92 Å². The maximum absolute atomic E-state index is 12.0. The van der Waals surface area contributed by atoms with E-state index in [2.05, 4.69) is 28.5 Å². The highest BCUT2D eigenvalue weighted by Crippen LogP contribution is 2.25. The summed E-state index contributed by atoms with van der Waals surface area (Å²) in [4.78, 5) is 16.5. The lowest BCUT2D eigenvalue weighted by Crippen LogP contribution is -2.26. The fourth-order valence-electron chi connectivity index (χ4n) is 2.84. The molecule has 0 saturated heterocycles. The van der Waals surface area contributed by atoms with E-state index in [9.17, 15) is 4.79 Å². The smallest absolute Gasteiger partial charge is 0.298 e. The monoisotopic (exact) mass is 425 g/mol. The van der Waals surface area contributed by atoms with Gasteiger partial charge in [-0.15, -0.1) is 0 Å². The van der Waals surface area contributed by atoms with Gasteiger partial charge in [0, 0.05) is 24.5 Å². The van der Waals surface area contributed by atoms with Crippen LogP contribution >= 0.6 is 11.5 Å². The van der Waals surface area contributed by atoms with E-state index >= 15 is 0 Å². The second kappa shape index (κ2) is 10.7. The third-order valence-corrected chi connectivity index (χ3v) is 5.12. The van der Waals surface area contributed by atoms with E-state index in [-0.39, 0.29) is 5.91 Å². The molecule has 6 nitrogen and oxygen atoms in total. The largest absolute Gasteiger partial charge is 0.497 e. The molecule has 0 bridgehead atoms. The number of hydrogen-bond donors (Lipinski definition) is 1. The average molecular weight is 426 g/mol. The van der Waals surface area contributed by atoms with Crippen LogP contribution in [0.15, 0.2) is 48.5 Å². The Morgan fingerprint density at radius 3 is 2.63 bits per heavy atom. The SMILES string of the molecule is COc1cccc(Cc2nsc(Oc3ccc(CC(=O)NCCC(C)C)cc3)n2)c1. The minimum Gasteiger partial charge on any atom is -0.497 e. The van der Waals surface area contributed by atoms with Crippen molar-refractivity contribution in [2.24, 2.45) is 5.92 Å². The molecule has 0 radical (unpaired) electrons. The van der Waals surface area contributed by atoms with Gasteiger partial charge in [-0.25, -0.2) is 0 Å². The first kappa shape index (κ1) is 21.8. The molecule has 0 aliphatic heterocycles. The number of ether oxygens (including phenoxy) is 2. The Morgan fingerprint density at radius 2 is 1.90 bits per heavy atom. The number of benzene rings is 2. The van der Waals surface area contributed by atoms with Crippen molar-refractivity contribution < 1.29 is 14.3 Å². The van der Waals surface area contributed by atoms with Gasteiger partial charge in [0.15, 0.2) is 5.82 Å². The van der Waals surface area contributed by atoms with E-state index < -0.39 is 0 Å². The Hall–Kier alpha value is -2.93. The van der Waals surface area contributed by atoms with Crippen LogP contribution in [0.25, 0.3) is 0 Å². The van der Waals surface area contributed by atoms with Crippen LogP contribution in [0.5, 0.6) is 16.7 Å². The van der Waals surface area contributed by atoms with Crippen molar-refractivity contribution >= 4 is 17.4 Å². The summed E-state index contributed by atoms with van der Waals surface area (Å²) in [6.45, 7) is 5.00. The van der Waals surface area contributed by atoms with Crippen molar-refractivity contribution in [3.63, 3.8) is 0 Å². The molecule has 0 aliphatic rings. The van der Waals surface area contributed by atoms with Crippen molar-refractivity contribution in [3.05, 3.63) is 65.5 Å². The lowest BCUT2D eigenvalue weighted by Gasteiger charge is -2.07. The molecule has 1 N–H and O–H groups in total. The molecule has 0 aliphatic carbocycles. The lowest BCUT2D eigenvalue weighted by atomic mass is 10.1. The number of aromatic nitrogens is 2. The minimum absolute atomic E-state index is 0.0376. The molecule has 0 fully saturated rings. The van der Waals surface area contributed by atoms with E-state index in [1.807, 2.05) is 48.5 Å². The summed E-state index contributed by atoms with van der Waals surface area (Å²) in [5, 5.41) is 3.44. The number of methoxy groups -OCH3 is 1. The molecule has 2 aromatic carbocycles. The van der Waals surface area contributed by atoms with E-state index in [1.54, 1.807) is 7.11 Å². The van der Waals surface area contributed by atoms with Crippen molar-refractivity contribution in [1.29, 1.82) is 0 Å². The maximum Gasteiger partial charge on any atom is 0.298 e. The fraction of sp³-hybridized carbons (Fsp3) is 0.348. The molecule has 158 valence electrons. The van der Waals surface area contributed by atoms with Crippen LogP contribution in [0.3, 0.4) is 0 Å². The van der Waals surface area contributed by atoms with Crippen molar-refractivity contribution in [2.45, 2.75) is 33.1 Å². The molecule has 1 amide bonds. The third kappa shape index (κ3) is 6.84. The molecule has 0 spiro atoms. The van der Waals surface area contributed by atoms with E-state index in [0.29, 0.717) is 42.1 Å². The lowest BCUT2D eigenvalue weighted by molar-refractivity contribution is -0.120. The first-order valence-corrected chi connectivity index (χ1v) is 10.8. The highest BCUT2D eigenvalue weighted by Gasteiger charge is 2.09. The summed E-state index contributed by atoms with van der Waals surface area (Å²) in [6.07, 6.45) is 1.96. The van der Waals surface area contributed by atoms with Crippen LogP contribution in [0.2, 0.25) is 0 Å². The quantitative estimate of drug-likeness (QED) is 0.512. The summed E-state index contributed by atoms with van der Waals surface area (Å²) >= 11 is 1.22. The predicted molar refractivity (Wildman–Crippen MR) is 118 cm³/mol. The molecule has 3 aromatic rings. The molecule has 30 heavy (non-hydrogen) atoms. The Morgan fingerprint density at radius 1 is 1.10 bits per heavy atom. The molecule has 0 unspecified atom stereocenters. The molecule has 3 rings (SSSR count). The van der Waals surface area contributed by atoms with Gasteiger partial charge in [0.05, 0.1) is 13.5 Å². The zero-order chi connectivity index (χ0) is 21.3. The second-order valence-electron chi connectivity index (χ2n) is 7.46. The summed E-state index contributed by atoms with van der Waals surface area (Å²) in [5.74, 6) is 2.81. The van der Waals surface area contributed by atoms with Crippen LogP contribution in [0.1, 0.15) is 37.2 Å². The molecule has 1 aromatic heterocycles. The minimum atomic E-state index is 0.0376. The number of nitrogens with one attached hydrogen (secondary N) is 1. The van der Waals surface area contributed by atoms with Gasteiger partial charge in [0.1, 0.15) is 11.5 Å². The highest BCUT2D eigenvalue weighted by atomic mass is 32.1. The number of rotatable bonds is 10. The van der Waals surface area contributed by atoms with Crippen molar-refractivity contribution in [3.8, 4) is 16.7 Å². The molecule has 0 saturated carbocycles. The fourth-order valence-corrected chi connectivity index (χ4v) is 3.41. The van der Waals surface area contributed by atoms with Gasteiger partial charge < -0.3 is 14.8 Å². The van der Waals surface area contributed by atoms with Gasteiger partial charge in [-0.2, -0.15) is 9.36 Å². The Balaban J connectivity index is 1.51. The van der Waals surface area contributed by atoms with Crippen LogP contribution < -0.4 is 14.8 Å². The zero-order valence-electron chi connectivity index (χ0n) is 17.6. The topological polar surface area (TPSA) is 73.3 Å². The Bertz CT molecular complexity index is 954. The second-order valence-corrected chi connectivity index (χ2v) is 8.17. The highest BCUT2D eigenvalue weighted by molar-refractivity contribution is 7.07. The van der Waals surface area contributed by atoms with Gasteiger partial charge in [0.2, 0.25) is 5.91 Å². The summed E-state index contributed by atoms with van der Waals surface area (Å²) < 4.78 is 15.4.